The number of aryl methyl sites for hydroxylation is 2. The van der Waals surface area contributed by atoms with E-state index >= 15 is 0 Å². The number of benzene rings is 1. The molecule has 1 aliphatic rings. The zero-order valence-corrected chi connectivity index (χ0v) is 15.8. The second-order valence-corrected chi connectivity index (χ2v) is 8.36. The van der Waals surface area contributed by atoms with Crippen LogP contribution >= 0.6 is 0 Å². The maximum Gasteiger partial charge on any atom is 0.337 e. The Kier molecular flexibility index (Phi) is 5.07. The van der Waals surface area contributed by atoms with Crippen molar-refractivity contribution in [3.8, 4) is 0 Å². The van der Waals surface area contributed by atoms with Gasteiger partial charge in [0.1, 0.15) is 10.7 Å². The number of furan rings is 1. The number of hydrogen-bond acceptors (Lipinski definition) is 5. The van der Waals surface area contributed by atoms with E-state index in [-0.39, 0.29) is 27.7 Å². The van der Waals surface area contributed by atoms with Crippen LogP contribution in [0.4, 0.5) is 5.69 Å². The lowest BCUT2D eigenvalue weighted by molar-refractivity contribution is 0.0698. The number of rotatable bonds is 5. The fourth-order valence-corrected chi connectivity index (χ4v) is 4.71. The van der Waals surface area contributed by atoms with Gasteiger partial charge in [0, 0.05) is 19.2 Å². The van der Waals surface area contributed by atoms with Crippen LogP contribution in [0.2, 0.25) is 0 Å². The van der Waals surface area contributed by atoms with E-state index < -0.39 is 21.9 Å². The monoisotopic (exact) mass is 392 g/mol. The van der Waals surface area contributed by atoms with Gasteiger partial charge in [0.2, 0.25) is 10.0 Å². The number of nitrogens with one attached hydrogen (secondary N) is 1. The lowest BCUT2D eigenvalue weighted by atomic mass is 10.1. The SMILES string of the molecule is Cc1ccc(NC(=O)c2cc(S(=O)(=O)N3CCCC3)c(C)o2)c(C(=O)O)c1. The van der Waals surface area contributed by atoms with Crippen molar-refractivity contribution in [3.63, 3.8) is 0 Å². The molecular weight excluding hydrogens is 372 g/mol. The molecule has 3 rings (SSSR count). The smallest absolute Gasteiger partial charge is 0.337 e. The van der Waals surface area contributed by atoms with Gasteiger partial charge in [0.15, 0.2) is 5.76 Å². The molecular formula is C18H20N2O6S. The van der Waals surface area contributed by atoms with Gasteiger partial charge in [-0.2, -0.15) is 4.31 Å². The Morgan fingerprint density at radius 2 is 1.81 bits per heavy atom. The number of amides is 1. The Labute approximate surface area is 156 Å². The largest absolute Gasteiger partial charge is 0.478 e. The standard InChI is InChI=1S/C18H20N2O6S/c1-11-5-6-14(13(9-11)18(22)23)19-17(21)15-10-16(12(2)26-15)27(24,25)20-7-3-4-8-20/h5-6,9-10H,3-4,7-8H2,1-2H3,(H,19,21)(H,22,23). The molecule has 1 aliphatic heterocycles. The first-order chi connectivity index (χ1) is 12.7. The molecule has 2 heterocycles. The van der Waals surface area contributed by atoms with Gasteiger partial charge in [-0.1, -0.05) is 11.6 Å². The Hall–Kier alpha value is -2.65. The molecule has 0 radical (unpaired) electrons. The minimum absolute atomic E-state index is 0.0445. The fourth-order valence-electron chi connectivity index (χ4n) is 3.03. The molecule has 8 nitrogen and oxygen atoms in total. The quantitative estimate of drug-likeness (QED) is 0.808. The van der Waals surface area contributed by atoms with Gasteiger partial charge >= 0.3 is 5.97 Å². The zero-order chi connectivity index (χ0) is 19.8. The number of carboxylic acid groups (broad SMARTS) is 1. The molecule has 0 bridgehead atoms. The van der Waals surface area contributed by atoms with Crippen LogP contribution in [0.15, 0.2) is 33.6 Å². The van der Waals surface area contributed by atoms with Gasteiger partial charge in [-0.05, 0) is 38.8 Å². The predicted molar refractivity (Wildman–Crippen MR) is 97.5 cm³/mol. The van der Waals surface area contributed by atoms with E-state index in [2.05, 4.69) is 5.32 Å². The van der Waals surface area contributed by atoms with Gasteiger partial charge in [-0.3, -0.25) is 4.79 Å². The molecule has 0 aliphatic carbocycles. The number of sulfonamides is 1. The number of anilines is 1. The van der Waals surface area contributed by atoms with E-state index in [1.807, 2.05) is 0 Å². The Morgan fingerprint density at radius 1 is 1.15 bits per heavy atom. The lowest BCUT2D eigenvalue weighted by Crippen LogP contribution is -2.28. The highest BCUT2D eigenvalue weighted by molar-refractivity contribution is 7.89. The van der Waals surface area contributed by atoms with Crippen molar-refractivity contribution < 1.29 is 27.5 Å². The van der Waals surface area contributed by atoms with E-state index in [1.54, 1.807) is 13.0 Å². The van der Waals surface area contributed by atoms with Crippen LogP contribution in [0.3, 0.4) is 0 Å². The third kappa shape index (κ3) is 3.74. The van der Waals surface area contributed by atoms with Gasteiger partial charge in [-0.15, -0.1) is 0 Å². The van der Waals surface area contributed by atoms with Crippen molar-refractivity contribution in [1.82, 2.24) is 4.31 Å². The minimum Gasteiger partial charge on any atom is -0.478 e. The van der Waals surface area contributed by atoms with Gasteiger partial charge < -0.3 is 14.8 Å². The van der Waals surface area contributed by atoms with E-state index in [0.717, 1.165) is 18.4 Å². The molecule has 1 fully saturated rings. The molecule has 1 aromatic carbocycles. The molecule has 2 aromatic rings. The van der Waals surface area contributed by atoms with Crippen molar-refractivity contribution >= 4 is 27.6 Å². The molecule has 1 aromatic heterocycles. The third-order valence-corrected chi connectivity index (χ3v) is 6.44. The number of carboxylic acids is 1. The summed E-state index contributed by atoms with van der Waals surface area (Å²) in [5, 5.41) is 11.8. The summed E-state index contributed by atoms with van der Waals surface area (Å²) in [5.41, 5.74) is 0.783. The van der Waals surface area contributed by atoms with Crippen LogP contribution in [0, 0.1) is 13.8 Å². The van der Waals surface area contributed by atoms with E-state index in [4.69, 9.17) is 4.42 Å². The normalized spacial score (nSPS) is 15.0. The van der Waals surface area contributed by atoms with Crippen molar-refractivity contribution in [2.24, 2.45) is 0 Å². The first-order valence-corrected chi connectivity index (χ1v) is 9.90. The lowest BCUT2D eigenvalue weighted by Gasteiger charge is -2.14. The molecule has 0 saturated carbocycles. The van der Waals surface area contributed by atoms with E-state index in [9.17, 15) is 23.1 Å². The maximum atomic E-state index is 12.7. The number of carbonyl (C=O) groups excluding carboxylic acids is 1. The maximum absolute atomic E-state index is 12.7. The van der Waals surface area contributed by atoms with Crippen molar-refractivity contribution in [3.05, 3.63) is 46.9 Å². The van der Waals surface area contributed by atoms with E-state index in [0.29, 0.717) is 13.1 Å². The highest BCUT2D eigenvalue weighted by Crippen LogP contribution is 2.27. The predicted octanol–water partition coefficient (Wildman–Crippen LogP) is 2.63. The molecule has 0 atom stereocenters. The summed E-state index contributed by atoms with van der Waals surface area (Å²) in [6.45, 7) is 4.11. The van der Waals surface area contributed by atoms with Crippen LogP contribution < -0.4 is 5.32 Å². The van der Waals surface area contributed by atoms with Crippen LogP contribution in [-0.4, -0.2) is 42.8 Å². The number of carbonyl (C=O) groups is 2. The highest BCUT2D eigenvalue weighted by atomic mass is 32.2. The number of aromatic carboxylic acids is 1. The van der Waals surface area contributed by atoms with Gasteiger partial charge in [0.25, 0.3) is 5.91 Å². The second-order valence-electron chi connectivity index (χ2n) is 6.45. The van der Waals surface area contributed by atoms with Gasteiger partial charge in [0.05, 0.1) is 11.3 Å². The molecule has 1 amide bonds. The zero-order valence-electron chi connectivity index (χ0n) is 15.0. The second kappa shape index (κ2) is 7.16. The van der Waals surface area contributed by atoms with Crippen LogP contribution in [0.5, 0.6) is 0 Å². The van der Waals surface area contributed by atoms with Crippen molar-refractivity contribution in [2.45, 2.75) is 31.6 Å². The van der Waals surface area contributed by atoms with Crippen molar-refractivity contribution in [2.75, 3.05) is 18.4 Å². The van der Waals surface area contributed by atoms with Crippen LogP contribution in [0.1, 0.15) is 45.1 Å². The summed E-state index contributed by atoms with van der Waals surface area (Å²) in [7, 11) is -3.72. The first-order valence-electron chi connectivity index (χ1n) is 8.46. The van der Waals surface area contributed by atoms with Crippen molar-refractivity contribution in [1.29, 1.82) is 0 Å². The summed E-state index contributed by atoms with van der Waals surface area (Å²) in [6.07, 6.45) is 1.60. The minimum atomic E-state index is -3.72. The summed E-state index contributed by atoms with van der Waals surface area (Å²) in [5.74, 6) is -1.97. The summed E-state index contributed by atoms with van der Waals surface area (Å²) in [4.78, 5) is 23.8. The van der Waals surface area contributed by atoms with E-state index in [1.165, 1.54) is 29.4 Å². The average molecular weight is 392 g/mol. The molecule has 27 heavy (non-hydrogen) atoms. The summed E-state index contributed by atoms with van der Waals surface area (Å²) < 4.78 is 32.1. The first kappa shape index (κ1) is 19.1. The fraction of sp³-hybridized carbons (Fsp3) is 0.333. The average Bonchev–Trinajstić information content (AvgIpc) is 3.26. The molecule has 0 spiro atoms. The topological polar surface area (TPSA) is 117 Å². The molecule has 0 unspecified atom stereocenters. The van der Waals surface area contributed by atoms with Crippen LogP contribution in [0.25, 0.3) is 0 Å². The third-order valence-electron chi connectivity index (χ3n) is 4.43. The highest BCUT2D eigenvalue weighted by Gasteiger charge is 2.31. The Morgan fingerprint density at radius 3 is 2.44 bits per heavy atom. The number of hydrogen-bond donors (Lipinski definition) is 2. The summed E-state index contributed by atoms with van der Waals surface area (Å²) in [6, 6.07) is 5.77. The summed E-state index contributed by atoms with van der Waals surface area (Å²) >= 11 is 0. The Bertz CT molecular complexity index is 1000. The Balaban J connectivity index is 1.88. The molecule has 1 saturated heterocycles. The van der Waals surface area contributed by atoms with Crippen LogP contribution in [-0.2, 0) is 10.0 Å². The molecule has 9 heteroatoms. The molecule has 144 valence electrons. The van der Waals surface area contributed by atoms with Gasteiger partial charge in [-0.25, -0.2) is 13.2 Å². The number of nitrogens with zero attached hydrogens (tertiary/aromatic N) is 1. The molecule has 2 N–H and O–H groups in total.